The molecule has 0 aromatic heterocycles. The van der Waals surface area contributed by atoms with Crippen LogP contribution in [0.2, 0.25) is 0 Å². The van der Waals surface area contributed by atoms with Crippen molar-refractivity contribution in [3.05, 3.63) is 46.5 Å². The molecule has 190 valence electrons. The minimum absolute atomic E-state index is 0.000446. The Bertz CT molecular complexity index is 1400. The molecule has 6 N–H and O–H groups in total. The van der Waals surface area contributed by atoms with Crippen molar-refractivity contribution in [1.29, 1.82) is 0 Å². The molecule has 0 radical (unpaired) electrons. The lowest BCUT2D eigenvalue weighted by atomic mass is 9.80. The highest BCUT2D eigenvalue weighted by molar-refractivity contribution is 6.06. The zero-order valence-electron chi connectivity index (χ0n) is 21.6. The van der Waals surface area contributed by atoms with Crippen LogP contribution in [0.25, 0.3) is 32.7 Å². The molecule has 0 bridgehead atoms. The molecule has 4 aromatic carbocycles. The zero-order chi connectivity index (χ0) is 26.6. The van der Waals surface area contributed by atoms with Crippen LogP contribution in [0, 0.1) is 13.8 Å². The van der Waals surface area contributed by atoms with Crippen LogP contribution >= 0.6 is 0 Å². The monoisotopic (exact) mass is 490 g/mol. The predicted octanol–water partition coefficient (Wildman–Crippen LogP) is 7.54. The van der Waals surface area contributed by atoms with Gasteiger partial charge in [-0.3, -0.25) is 0 Å². The van der Waals surface area contributed by atoms with E-state index in [4.69, 9.17) is 0 Å². The summed E-state index contributed by atoms with van der Waals surface area (Å²) in [6, 6.07) is 6.51. The lowest BCUT2D eigenvalue weighted by Crippen LogP contribution is -2.03. The molecule has 0 amide bonds. The second kappa shape index (κ2) is 9.01. The number of aryl methyl sites for hydroxylation is 2. The standard InChI is InChI=1S/C30H34O6/c1-7-13(3)17-9-19-15(5)27(33)23(31)11-21(19)29(35)25(17)26-18(14(4)8-2)10-20-16(6)28(34)24(32)12-22(20)30(26)36/h9-14,31-36H,7-8H2,1-6H3. The molecule has 0 saturated carbocycles. The van der Waals surface area contributed by atoms with E-state index in [9.17, 15) is 30.6 Å². The van der Waals surface area contributed by atoms with Gasteiger partial charge in [-0.2, -0.15) is 0 Å². The molecule has 4 aromatic rings. The van der Waals surface area contributed by atoms with Gasteiger partial charge in [0, 0.05) is 33.0 Å². The average Bonchev–Trinajstić information content (AvgIpc) is 2.86. The number of hydrogen-bond donors (Lipinski definition) is 6. The van der Waals surface area contributed by atoms with Crippen molar-refractivity contribution in [2.45, 2.75) is 66.2 Å². The van der Waals surface area contributed by atoms with E-state index in [-0.39, 0.29) is 46.3 Å². The molecule has 4 rings (SSSR count). The first-order valence-corrected chi connectivity index (χ1v) is 12.4. The first kappa shape index (κ1) is 25.3. The number of rotatable bonds is 5. The van der Waals surface area contributed by atoms with E-state index < -0.39 is 0 Å². The maximum Gasteiger partial charge on any atom is 0.161 e. The summed E-state index contributed by atoms with van der Waals surface area (Å²) in [6.07, 6.45) is 1.53. The normalized spacial score (nSPS) is 13.4. The predicted molar refractivity (Wildman–Crippen MR) is 144 cm³/mol. The van der Waals surface area contributed by atoms with E-state index in [1.165, 1.54) is 12.1 Å². The third-order valence-electron chi connectivity index (χ3n) is 7.84. The summed E-state index contributed by atoms with van der Waals surface area (Å²) >= 11 is 0. The third-order valence-corrected chi connectivity index (χ3v) is 7.84. The summed E-state index contributed by atoms with van der Waals surface area (Å²) in [4.78, 5) is 0. The fourth-order valence-corrected chi connectivity index (χ4v) is 5.11. The van der Waals surface area contributed by atoms with E-state index in [0.29, 0.717) is 43.8 Å². The van der Waals surface area contributed by atoms with Crippen LogP contribution in [0.15, 0.2) is 24.3 Å². The molecule has 0 spiro atoms. The van der Waals surface area contributed by atoms with Crippen molar-refractivity contribution in [3.63, 3.8) is 0 Å². The third kappa shape index (κ3) is 3.63. The molecule has 36 heavy (non-hydrogen) atoms. The van der Waals surface area contributed by atoms with Gasteiger partial charge >= 0.3 is 0 Å². The highest BCUT2D eigenvalue weighted by atomic mass is 16.3. The van der Waals surface area contributed by atoms with Crippen LogP contribution < -0.4 is 0 Å². The van der Waals surface area contributed by atoms with Crippen LogP contribution in [-0.4, -0.2) is 30.6 Å². The van der Waals surface area contributed by atoms with Gasteiger partial charge in [-0.15, -0.1) is 0 Å². The fourth-order valence-electron chi connectivity index (χ4n) is 5.11. The van der Waals surface area contributed by atoms with Crippen LogP contribution in [0.3, 0.4) is 0 Å². The lowest BCUT2D eigenvalue weighted by molar-refractivity contribution is 0.402. The van der Waals surface area contributed by atoms with E-state index in [2.05, 4.69) is 0 Å². The quantitative estimate of drug-likeness (QED) is 0.161. The molecular weight excluding hydrogens is 456 g/mol. The van der Waals surface area contributed by atoms with Crippen molar-refractivity contribution in [2.24, 2.45) is 0 Å². The number of benzene rings is 4. The Balaban J connectivity index is 2.27. The summed E-state index contributed by atoms with van der Waals surface area (Å²) < 4.78 is 0. The maximum atomic E-state index is 11.7. The van der Waals surface area contributed by atoms with Crippen molar-refractivity contribution < 1.29 is 30.6 Å². The molecule has 0 aliphatic heterocycles. The van der Waals surface area contributed by atoms with Crippen molar-refractivity contribution in [3.8, 4) is 45.6 Å². The summed E-state index contributed by atoms with van der Waals surface area (Å²) in [5.41, 5.74) is 3.43. The molecule has 0 fully saturated rings. The molecule has 0 aliphatic carbocycles. The van der Waals surface area contributed by atoms with Crippen molar-refractivity contribution >= 4 is 21.5 Å². The van der Waals surface area contributed by atoms with Gasteiger partial charge in [-0.25, -0.2) is 0 Å². The Hall–Kier alpha value is -3.80. The average molecular weight is 491 g/mol. The molecule has 6 heteroatoms. The molecule has 2 atom stereocenters. The van der Waals surface area contributed by atoms with Crippen molar-refractivity contribution in [1.82, 2.24) is 0 Å². The Morgan fingerprint density at radius 3 is 1.17 bits per heavy atom. The highest BCUT2D eigenvalue weighted by Crippen LogP contribution is 2.53. The molecule has 0 aliphatic rings. The maximum absolute atomic E-state index is 11.7. The van der Waals surface area contributed by atoms with Gasteiger partial charge in [-0.05, 0) is 84.7 Å². The van der Waals surface area contributed by atoms with Gasteiger partial charge in [0.25, 0.3) is 0 Å². The van der Waals surface area contributed by atoms with Gasteiger partial charge < -0.3 is 30.6 Å². The Morgan fingerprint density at radius 1 is 0.528 bits per heavy atom. The zero-order valence-corrected chi connectivity index (χ0v) is 21.6. The van der Waals surface area contributed by atoms with Gasteiger partial charge in [0.1, 0.15) is 11.5 Å². The van der Waals surface area contributed by atoms with Gasteiger partial charge in [-0.1, -0.05) is 27.7 Å². The first-order chi connectivity index (χ1) is 16.9. The summed E-state index contributed by atoms with van der Waals surface area (Å²) in [5, 5.41) is 66.7. The number of hydrogen-bond acceptors (Lipinski definition) is 6. The van der Waals surface area contributed by atoms with Crippen LogP contribution in [0.4, 0.5) is 0 Å². The van der Waals surface area contributed by atoms with E-state index in [0.717, 1.165) is 24.0 Å². The summed E-state index contributed by atoms with van der Waals surface area (Å²) in [6.45, 7) is 11.5. The molecule has 0 saturated heterocycles. The minimum Gasteiger partial charge on any atom is -0.507 e. The first-order valence-electron chi connectivity index (χ1n) is 12.4. The van der Waals surface area contributed by atoms with Gasteiger partial charge in [0.15, 0.2) is 23.0 Å². The number of phenols is 6. The Kier molecular flexibility index (Phi) is 6.33. The minimum atomic E-state index is -0.335. The van der Waals surface area contributed by atoms with E-state index in [1.54, 1.807) is 13.8 Å². The summed E-state index contributed by atoms with van der Waals surface area (Å²) in [5.74, 6) is -1.33. The molecular formula is C30H34O6. The lowest BCUT2D eigenvalue weighted by Gasteiger charge is -2.25. The van der Waals surface area contributed by atoms with E-state index in [1.807, 2.05) is 39.8 Å². The topological polar surface area (TPSA) is 121 Å². The summed E-state index contributed by atoms with van der Waals surface area (Å²) in [7, 11) is 0. The second-order valence-corrected chi connectivity index (χ2v) is 9.93. The van der Waals surface area contributed by atoms with Gasteiger partial charge in [0.2, 0.25) is 0 Å². The molecule has 2 unspecified atom stereocenters. The highest BCUT2D eigenvalue weighted by Gasteiger charge is 2.28. The largest absolute Gasteiger partial charge is 0.507 e. The smallest absolute Gasteiger partial charge is 0.161 e. The van der Waals surface area contributed by atoms with Crippen LogP contribution in [-0.2, 0) is 0 Å². The number of phenolic OH excluding ortho intramolecular Hbond substituents is 6. The van der Waals surface area contributed by atoms with Gasteiger partial charge in [0.05, 0.1) is 0 Å². The van der Waals surface area contributed by atoms with Crippen LogP contribution in [0.1, 0.15) is 74.6 Å². The SMILES string of the molecule is CCC(C)c1cc2c(C)c(O)c(O)cc2c(O)c1-c1c(C(C)CC)cc2c(C)c(O)c(O)cc2c1O. The molecule has 0 heterocycles. The molecule has 6 nitrogen and oxygen atoms in total. The number of aromatic hydroxyl groups is 6. The number of fused-ring (bicyclic) bond motifs is 2. The van der Waals surface area contributed by atoms with E-state index >= 15 is 0 Å². The van der Waals surface area contributed by atoms with Crippen LogP contribution in [0.5, 0.6) is 34.5 Å². The Morgan fingerprint density at radius 2 is 0.861 bits per heavy atom. The second-order valence-electron chi connectivity index (χ2n) is 9.93. The Labute approximate surface area is 210 Å². The fraction of sp³-hybridized carbons (Fsp3) is 0.333. The van der Waals surface area contributed by atoms with Crippen molar-refractivity contribution in [2.75, 3.05) is 0 Å².